The number of nitriles is 2. The molecule has 1 aromatic carbocycles. The van der Waals surface area contributed by atoms with Crippen LogP contribution in [-0.4, -0.2) is 45.3 Å². The normalized spacial score (nSPS) is 14.1. The van der Waals surface area contributed by atoms with Gasteiger partial charge in [-0.2, -0.15) is 10.5 Å². The largest absolute Gasteiger partial charge is 0.383 e. The Morgan fingerprint density at radius 1 is 1.04 bits per heavy atom. The average molecular weight is 603 g/mol. The third kappa shape index (κ3) is 6.86. The zero-order valence-corrected chi connectivity index (χ0v) is 25.3. The van der Waals surface area contributed by atoms with Crippen molar-refractivity contribution in [1.82, 2.24) is 24.4 Å². The molecule has 3 heterocycles. The van der Waals surface area contributed by atoms with Crippen molar-refractivity contribution in [2.45, 2.75) is 44.7 Å². The number of aromatic nitrogens is 4. The van der Waals surface area contributed by atoms with Crippen molar-refractivity contribution in [3.8, 4) is 34.7 Å². The predicted molar refractivity (Wildman–Crippen MR) is 168 cm³/mol. The molecule has 2 fully saturated rings. The molecule has 4 aromatic rings. The molecule has 45 heavy (non-hydrogen) atoms. The van der Waals surface area contributed by atoms with E-state index in [2.05, 4.69) is 27.8 Å². The first-order valence-electron chi connectivity index (χ1n) is 15.1. The van der Waals surface area contributed by atoms with Gasteiger partial charge in [0, 0.05) is 63.4 Å². The van der Waals surface area contributed by atoms with E-state index >= 15 is 0 Å². The summed E-state index contributed by atoms with van der Waals surface area (Å²) in [7, 11) is 3.44. The Morgan fingerprint density at radius 2 is 1.87 bits per heavy atom. The number of ether oxygens (including phenoxy) is 1. The molecule has 2 saturated carbocycles. The second kappa shape index (κ2) is 12.9. The molecule has 1 amide bonds. The predicted octanol–water partition coefficient (Wildman–Crippen LogP) is 4.33. The van der Waals surface area contributed by atoms with Crippen LogP contribution in [0.25, 0.3) is 22.5 Å². The molecule has 3 aromatic heterocycles. The Bertz CT molecular complexity index is 1900. The second-order valence-electron chi connectivity index (χ2n) is 11.8. The third-order valence-electron chi connectivity index (χ3n) is 8.13. The molecule has 2 N–H and O–H groups in total. The van der Waals surface area contributed by atoms with Gasteiger partial charge in [0.25, 0.3) is 11.5 Å². The minimum absolute atomic E-state index is 0.0676. The van der Waals surface area contributed by atoms with E-state index in [9.17, 15) is 20.1 Å². The summed E-state index contributed by atoms with van der Waals surface area (Å²) < 4.78 is 8.54. The maximum atomic E-state index is 13.7. The molecule has 0 unspecified atom stereocenters. The Kier molecular flexibility index (Phi) is 8.56. The summed E-state index contributed by atoms with van der Waals surface area (Å²) in [6.07, 6.45) is 7.64. The molecule has 228 valence electrons. The molecule has 11 heteroatoms. The van der Waals surface area contributed by atoms with Crippen molar-refractivity contribution in [3.05, 3.63) is 87.2 Å². The van der Waals surface area contributed by atoms with Crippen molar-refractivity contribution in [2.75, 3.05) is 25.6 Å². The number of carbonyl (C=O) groups is 1. The van der Waals surface area contributed by atoms with Gasteiger partial charge in [0.05, 0.1) is 18.2 Å². The van der Waals surface area contributed by atoms with E-state index < -0.39 is 5.91 Å². The lowest BCUT2D eigenvalue weighted by Crippen LogP contribution is -2.31. The van der Waals surface area contributed by atoms with Crippen LogP contribution < -0.4 is 16.2 Å². The Morgan fingerprint density at radius 3 is 2.56 bits per heavy atom. The summed E-state index contributed by atoms with van der Waals surface area (Å²) in [4.78, 5) is 36.5. The Hall–Kier alpha value is -5.10. The number of nitrogens with one attached hydrogen (secondary N) is 2. The van der Waals surface area contributed by atoms with Gasteiger partial charge in [-0.1, -0.05) is 6.07 Å². The molecule has 11 nitrogen and oxygen atoms in total. The zero-order valence-electron chi connectivity index (χ0n) is 25.3. The quantitative estimate of drug-likeness (QED) is 0.228. The van der Waals surface area contributed by atoms with Crippen LogP contribution in [0.2, 0.25) is 0 Å². The highest BCUT2D eigenvalue weighted by atomic mass is 16.5. The molecule has 6 rings (SSSR count). The number of pyridine rings is 2. The number of nitrogens with zero attached hydrogens (tertiary/aromatic N) is 6. The summed E-state index contributed by atoms with van der Waals surface area (Å²) >= 11 is 0. The Balaban J connectivity index is 1.37. The molecule has 0 aliphatic heterocycles. The van der Waals surface area contributed by atoms with Crippen LogP contribution in [0.3, 0.4) is 0 Å². The molecular weight excluding hydrogens is 568 g/mol. The van der Waals surface area contributed by atoms with Crippen LogP contribution in [0.1, 0.15) is 64.5 Å². The van der Waals surface area contributed by atoms with Crippen LogP contribution in [0.5, 0.6) is 0 Å². The highest BCUT2D eigenvalue weighted by molar-refractivity contribution is 6.04. The second-order valence-corrected chi connectivity index (χ2v) is 11.8. The first-order chi connectivity index (χ1) is 21.9. The molecule has 0 spiro atoms. The van der Waals surface area contributed by atoms with Gasteiger partial charge in [0.15, 0.2) is 5.69 Å². The van der Waals surface area contributed by atoms with Gasteiger partial charge in [-0.3, -0.25) is 9.59 Å². The molecule has 0 bridgehead atoms. The molecule has 0 radical (unpaired) electrons. The summed E-state index contributed by atoms with van der Waals surface area (Å²) in [6.45, 7) is 2.29. The number of imidazole rings is 1. The standard InChI is InChI=1S/C34H34N8O3/c1-41-20-26(16-36)38-32(41)28-11-22(15-35)5-8-27(28)25-13-30(24-6-7-24)39-31(14-25)40-33(43)29-12-23(17-37-9-10-45-2)19-42(34(29)44)18-21-3-4-21/h5,8,11-14,19-21,24,37H,3-4,6-7,9-10,17-18H2,1-2H3,(H,39,40,43). The van der Waals surface area contributed by atoms with Crippen LogP contribution in [0.4, 0.5) is 5.82 Å². The minimum Gasteiger partial charge on any atom is -0.383 e. The number of carbonyl (C=O) groups excluding carboxylic acids is 1. The fourth-order valence-corrected chi connectivity index (χ4v) is 5.44. The summed E-state index contributed by atoms with van der Waals surface area (Å²) in [5.74, 6) is 1.10. The van der Waals surface area contributed by atoms with Gasteiger partial charge >= 0.3 is 0 Å². The van der Waals surface area contributed by atoms with E-state index in [4.69, 9.17) is 9.72 Å². The fourth-order valence-electron chi connectivity index (χ4n) is 5.44. The van der Waals surface area contributed by atoms with Crippen LogP contribution in [0, 0.1) is 28.6 Å². The highest BCUT2D eigenvalue weighted by Crippen LogP contribution is 2.42. The minimum atomic E-state index is -0.516. The number of hydrogen-bond acceptors (Lipinski definition) is 8. The van der Waals surface area contributed by atoms with E-state index in [0.717, 1.165) is 48.1 Å². The number of benzene rings is 1. The van der Waals surface area contributed by atoms with E-state index in [1.165, 1.54) is 0 Å². The first kappa shape index (κ1) is 29.9. The van der Waals surface area contributed by atoms with Gasteiger partial charge in [0.1, 0.15) is 23.3 Å². The van der Waals surface area contributed by atoms with Gasteiger partial charge in [-0.15, -0.1) is 0 Å². The lowest BCUT2D eigenvalue weighted by atomic mass is 9.96. The number of hydrogen-bond donors (Lipinski definition) is 2. The SMILES string of the molecule is COCCNCc1cc(C(=O)Nc2cc(-c3ccc(C#N)cc3-c3nc(C#N)cn3C)cc(C3CC3)n2)c(=O)n(CC2CC2)c1. The lowest BCUT2D eigenvalue weighted by Gasteiger charge is -2.15. The maximum absolute atomic E-state index is 13.7. The molecule has 2 aliphatic carbocycles. The summed E-state index contributed by atoms with van der Waals surface area (Å²) in [6, 6.07) is 15.0. The van der Waals surface area contributed by atoms with Crippen molar-refractivity contribution < 1.29 is 9.53 Å². The number of rotatable bonds is 12. The monoisotopic (exact) mass is 602 g/mol. The first-order valence-corrected chi connectivity index (χ1v) is 15.1. The lowest BCUT2D eigenvalue weighted by molar-refractivity contribution is 0.102. The number of aryl methyl sites for hydroxylation is 1. The van der Waals surface area contributed by atoms with Crippen molar-refractivity contribution in [2.24, 2.45) is 13.0 Å². The Labute approximate surface area is 261 Å². The van der Waals surface area contributed by atoms with Crippen molar-refractivity contribution >= 4 is 11.7 Å². The van der Waals surface area contributed by atoms with E-state index in [1.54, 1.807) is 53.8 Å². The van der Waals surface area contributed by atoms with Crippen LogP contribution >= 0.6 is 0 Å². The maximum Gasteiger partial charge on any atom is 0.263 e. The van der Waals surface area contributed by atoms with E-state index in [1.807, 2.05) is 18.3 Å². The summed E-state index contributed by atoms with van der Waals surface area (Å²) in [5, 5.41) is 25.3. The zero-order chi connectivity index (χ0) is 31.5. The van der Waals surface area contributed by atoms with Crippen LogP contribution in [-0.2, 0) is 24.9 Å². The third-order valence-corrected chi connectivity index (χ3v) is 8.13. The van der Waals surface area contributed by atoms with Gasteiger partial charge < -0.3 is 24.5 Å². The highest BCUT2D eigenvalue weighted by Gasteiger charge is 2.28. The molecule has 0 atom stereocenters. The molecule has 0 saturated heterocycles. The molecular formula is C34H34N8O3. The average Bonchev–Trinajstić information content (AvgIpc) is 3.99. The number of anilines is 1. The van der Waals surface area contributed by atoms with Gasteiger partial charge in [-0.25, -0.2) is 9.97 Å². The van der Waals surface area contributed by atoms with E-state index in [0.29, 0.717) is 54.9 Å². The van der Waals surface area contributed by atoms with Crippen LogP contribution in [0.15, 0.2) is 53.6 Å². The summed E-state index contributed by atoms with van der Waals surface area (Å²) in [5.41, 5.74) is 4.40. The van der Waals surface area contributed by atoms with Gasteiger partial charge in [0.2, 0.25) is 0 Å². The number of amides is 1. The van der Waals surface area contributed by atoms with Crippen molar-refractivity contribution in [1.29, 1.82) is 10.5 Å². The van der Waals surface area contributed by atoms with Gasteiger partial charge in [-0.05, 0) is 78.6 Å². The van der Waals surface area contributed by atoms with E-state index in [-0.39, 0.29) is 22.7 Å². The topological polar surface area (TPSA) is 151 Å². The smallest absolute Gasteiger partial charge is 0.263 e. The fraction of sp³-hybridized carbons (Fsp3) is 0.353. The van der Waals surface area contributed by atoms with Crippen molar-refractivity contribution in [3.63, 3.8) is 0 Å². The molecule has 2 aliphatic rings. The number of methoxy groups -OCH3 is 1.